The smallest absolute Gasteiger partial charge is 0.410 e. The molecule has 3 aromatic rings. The first-order chi connectivity index (χ1) is 13.2. The molecule has 2 aromatic carbocycles. The van der Waals surface area contributed by atoms with Gasteiger partial charge in [0, 0.05) is 36.7 Å². The van der Waals surface area contributed by atoms with Gasteiger partial charge in [0.15, 0.2) is 0 Å². The lowest BCUT2D eigenvalue weighted by Crippen LogP contribution is -2.35. The summed E-state index contributed by atoms with van der Waals surface area (Å²) in [6.07, 6.45) is 3.67. The third kappa shape index (κ3) is 5.03. The van der Waals surface area contributed by atoms with Crippen molar-refractivity contribution in [1.82, 2.24) is 9.47 Å². The second kappa shape index (κ2) is 9.12. The van der Waals surface area contributed by atoms with Gasteiger partial charge in [0.1, 0.15) is 12.4 Å². The average molecular weight is 366 g/mol. The van der Waals surface area contributed by atoms with Gasteiger partial charge >= 0.3 is 6.09 Å². The minimum Gasteiger partial charge on any atom is -0.508 e. The Bertz CT molecular complexity index is 874. The Kier molecular flexibility index (Phi) is 6.36. The van der Waals surface area contributed by atoms with E-state index in [9.17, 15) is 9.90 Å². The number of phenols is 1. The van der Waals surface area contributed by atoms with Crippen molar-refractivity contribution in [3.8, 4) is 5.75 Å². The van der Waals surface area contributed by atoms with Gasteiger partial charge < -0.3 is 19.3 Å². The van der Waals surface area contributed by atoms with Gasteiger partial charge in [0.05, 0.1) is 0 Å². The maximum absolute atomic E-state index is 12.6. The van der Waals surface area contributed by atoms with Crippen LogP contribution in [0.15, 0.2) is 60.8 Å². The highest BCUT2D eigenvalue weighted by Gasteiger charge is 2.15. The zero-order valence-corrected chi connectivity index (χ0v) is 15.7. The standard InChI is InChI=1S/C22H26N2O3/c1-2-3-12-24(22(26)27-17-18-7-5-4-6-8-18)15-14-23-13-11-19-16-20(25)9-10-21(19)23/h4-11,13,16,25H,2-3,12,14-15,17H2,1H3. The Balaban J connectivity index is 1.62. The minimum atomic E-state index is -0.276. The Hall–Kier alpha value is -2.95. The number of nitrogens with zero attached hydrogens (tertiary/aromatic N) is 2. The van der Waals surface area contributed by atoms with Crippen LogP contribution in [0.4, 0.5) is 4.79 Å². The fraction of sp³-hybridized carbons (Fsp3) is 0.318. The Morgan fingerprint density at radius 1 is 1.11 bits per heavy atom. The van der Waals surface area contributed by atoms with E-state index < -0.39 is 0 Å². The van der Waals surface area contributed by atoms with Crippen LogP contribution in [0.3, 0.4) is 0 Å². The number of aromatic hydroxyl groups is 1. The summed E-state index contributed by atoms with van der Waals surface area (Å²) in [4.78, 5) is 14.3. The summed E-state index contributed by atoms with van der Waals surface area (Å²) in [5.41, 5.74) is 2.03. The maximum Gasteiger partial charge on any atom is 0.410 e. The van der Waals surface area contributed by atoms with Crippen molar-refractivity contribution in [2.75, 3.05) is 13.1 Å². The van der Waals surface area contributed by atoms with Gasteiger partial charge in [-0.2, -0.15) is 0 Å². The number of ether oxygens (including phenoxy) is 1. The van der Waals surface area contributed by atoms with Crippen molar-refractivity contribution in [1.29, 1.82) is 0 Å². The van der Waals surface area contributed by atoms with Crippen LogP contribution in [0.1, 0.15) is 25.3 Å². The number of carbonyl (C=O) groups is 1. The molecule has 0 saturated heterocycles. The Labute approximate surface area is 159 Å². The lowest BCUT2D eigenvalue weighted by molar-refractivity contribution is 0.0944. The first-order valence-corrected chi connectivity index (χ1v) is 9.41. The van der Waals surface area contributed by atoms with Crippen molar-refractivity contribution >= 4 is 17.0 Å². The molecule has 1 aromatic heterocycles. The molecule has 0 fully saturated rings. The molecule has 0 aliphatic heterocycles. The molecule has 3 rings (SSSR count). The molecule has 0 bridgehead atoms. The van der Waals surface area contributed by atoms with Crippen molar-refractivity contribution in [3.63, 3.8) is 0 Å². The molecule has 1 N–H and O–H groups in total. The number of hydrogen-bond donors (Lipinski definition) is 1. The van der Waals surface area contributed by atoms with Crippen LogP contribution in [0.25, 0.3) is 10.9 Å². The normalized spacial score (nSPS) is 10.9. The monoisotopic (exact) mass is 366 g/mol. The molecule has 5 heteroatoms. The number of amides is 1. The van der Waals surface area contributed by atoms with Crippen LogP contribution >= 0.6 is 0 Å². The largest absolute Gasteiger partial charge is 0.508 e. The zero-order chi connectivity index (χ0) is 19.1. The number of benzene rings is 2. The number of carbonyl (C=O) groups excluding carboxylic acids is 1. The molecule has 1 heterocycles. The number of fused-ring (bicyclic) bond motifs is 1. The van der Waals surface area contributed by atoms with E-state index in [0.717, 1.165) is 29.3 Å². The topological polar surface area (TPSA) is 54.7 Å². The molecule has 1 amide bonds. The summed E-state index contributed by atoms with van der Waals surface area (Å²) in [6, 6.07) is 17.0. The fourth-order valence-electron chi connectivity index (χ4n) is 3.06. The first kappa shape index (κ1) is 18.8. The third-order valence-corrected chi connectivity index (χ3v) is 4.61. The van der Waals surface area contributed by atoms with E-state index in [1.165, 1.54) is 0 Å². The zero-order valence-electron chi connectivity index (χ0n) is 15.7. The lowest BCUT2D eigenvalue weighted by Gasteiger charge is -2.22. The van der Waals surface area contributed by atoms with E-state index in [0.29, 0.717) is 19.6 Å². The molecular weight excluding hydrogens is 340 g/mol. The van der Waals surface area contributed by atoms with Gasteiger partial charge in [-0.1, -0.05) is 43.7 Å². The summed E-state index contributed by atoms with van der Waals surface area (Å²) in [5.74, 6) is 0.259. The van der Waals surface area contributed by atoms with Crippen molar-refractivity contribution < 1.29 is 14.6 Å². The summed E-state index contributed by atoms with van der Waals surface area (Å²) < 4.78 is 7.60. The van der Waals surface area contributed by atoms with Crippen LogP contribution in [-0.4, -0.2) is 33.8 Å². The van der Waals surface area contributed by atoms with Crippen LogP contribution in [0.5, 0.6) is 5.75 Å². The Morgan fingerprint density at radius 2 is 1.93 bits per heavy atom. The molecule has 0 saturated carbocycles. The van der Waals surface area contributed by atoms with Gasteiger partial charge in [0.25, 0.3) is 0 Å². The predicted octanol–water partition coefficient (Wildman–Crippen LogP) is 4.79. The molecule has 0 unspecified atom stereocenters. The summed E-state index contributed by atoms with van der Waals surface area (Å²) in [5, 5.41) is 10.6. The van der Waals surface area contributed by atoms with Crippen molar-refractivity contribution in [2.24, 2.45) is 0 Å². The quantitative estimate of drug-likeness (QED) is 0.624. The molecule has 0 radical (unpaired) electrons. The number of unbranched alkanes of at least 4 members (excludes halogenated alkanes) is 1. The summed E-state index contributed by atoms with van der Waals surface area (Å²) >= 11 is 0. The molecule has 0 aliphatic rings. The highest BCUT2D eigenvalue weighted by Crippen LogP contribution is 2.21. The molecule has 0 aliphatic carbocycles. The molecule has 142 valence electrons. The molecule has 0 spiro atoms. The molecular formula is C22H26N2O3. The maximum atomic E-state index is 12.6. The average Bonchev–Trinajstić information content (AvgIpc) is 3.09. The van der Waals surface area contributed by atoms with E-state index in [1.807, 2.05) is 48.7 Å². The van der Waals surface area contributed by atoms with Gasteiger partial charge in [-0.25, -0.2) is 4.79 Å². The van der Waals surface area contributed by atoms with Gasteiger partial charge in [0.2, 0.25) is 0 Å². The van der Waals surface area contributed by atoms with Gasteiger partial charge in [-0.15, -0.1) is 0 Å². The first-order valence-electron chi connectivity index (χ1n) is 9.41. The van der Waals surface area contributed by atoms with E-state index in [1.54, 1.807) is 17.0 Å². The molecule has 0 atom stereocenters. The highest BCUT2D eigenvalue weighted by atomic mass is 16.6. The number of phenolic OH excluding ortho intramolecular Hbond substituents is 1. The van der Waals surface area contributed by atoms with Gasteiger partial charge in [-0.3, -0.25) is 0 Å². The van der Waals surface area contributed by atoms with Crippen LogP contribution in [-0.2, 0) is 17.9 Å². The lowest BCUT2D eigenvalue weighted by atomic mass is 10.2. The van der Waals surface area contributed by atoms with Crippen LogP contribution in [0.2, 0.25) is 0 Å². The molecule has 27 heavy (non-hydrogen) atoms. The summed E-state index contributed by atoms with van der Waals surface area (Å²) in [6.45, 7) is 4.34. The number of rotatable bonds is 8. The fourth-order valence-corrected chi connectivity index (χ4v) is 3.06. The summed E-state index contributed by atoms with van der Waals surface area (Å²) in [7, 11) is 0. The highest BCUT2D eigenvalue weighted by molar-refractivity contribution is 5.81. The van der Waals surface area contributed by atoms with Crippen LogP contribution < -0.4 is 0 Å². The number of hydrogen-bond acceptors (Lipinski definition) is 3. The second-order valence-electron chi connectivity index (χ2n) is 6.63. The van der Waals surface area contributed by atoms with Crippen molar-refractivity contribution in [2.45, 2.75) is 32.9 Å². The minimum absolute atomic E-state index is 0.259. The van der Waals surface area contributed by atoms with E-state index in [4.69, 9.17) is 4.74 Å². The van der Waals surface area contributed by atoms with Crippen LogP contribution in [0, 0.1) is 0 Å². The van der Waals surface area contributed by atoms with E-state index in [-0.39, 0.29) is 18.4 Å². The van der Waals surface area contributed by atoms with Gasteiger partial charge in [-0.05, 0) is 36.2 Å². The van der Waals surface area contributed by atoms with E-state index >= 15 is 0 Å². The van der Waals surface area contributed by atoms with E-state index in [2.05, 4.69) is 11.5 Å². The molecule has 5 nitrogen and oxygen atoms in total. The predicted molar refractivity (Wildman–Crippen MR) is 107 cm³/mol. The Morgan fingerprint density at radius 3 is 2.70 bits per heavy atom. The number of aromatic nitrogens is 1. The second-order valence-corrected chi connectivity index (χ2v) is 6.63. The third-order valence-electron chi connectivity index (χ3n) is 4.61. The van der Waals surface area contributed by atoms with Crippen molar-refractivity contribution in [3.05, 3.63) is 66.4 Å². The SMILES string of the molecule is CCCCN(CCn1ccc2cc(O)ccc21)C(=O)OCc1ccccc1.